The molecule has 0 radical (unpaired) electrons. The molecule has 0 N–H and O–H groups in total. The summed E-state index contributed by atoms with van der Waals surface area (Å²) in [5.74, 6) is -0.432. The summed E-state index contributed by atoms with van der Waals surface area (Å²) in [4.78, 5) is 11.2. The molecule has 1 saturated heterocycles. The van der Waals surface area contributed by atoms with E-state index in [1.165, 1.54) is 0 Å². The molecule has 1 fully saturated rings. The van der Waals surface area contributed by atoms with Gasteiger partial charge in [-0.15, -0.1) is 0 Å². The predicted octanol–water partition coefficient (Wildman–Crippen LogP) is 1.26. The monoisotopic (exact) mass is 200 g/mol. The second-order valence-corrected chi connectivity index (χ2v) is 3.21. The minimum Gasteiger partial charge on any atom is -0.430 e. The zero-order chi connectivity index (χ0) is 10.6. The molecule has 0 aliphatic carbocycles. The van der Waals surface area contributed by atoms with Crippen molar-refractivity contribution < 1.29 is 19.0 Å². The first-order valence-electron chi connectivity index (χ1n) is 4.74. The van der Waals surface area contributed by atoms with Gasteiger partial charge in [-0.25, -0.2) is 4.79 Å². The molecule has 1 aliphatic heterocycles. The lowest BCUT2D eigenvalue weighted by Crippen LogP contribution is -2.42. The first-order chi connectivity index (χ1) is 6.65. The van der Waals surface area contributed by atoms with Crippen LogP contribution in [0, 0.1) is 0 Å². The molecule has 0 bridgehead atoms. The molecule has 0 aromatic heterocycles. The molecule has 2 unspecified atom stereocenters. The Bertz CT molecular complexity index is 220. The van der Waals surface area contributed by atoms with E-state index in [4.69, 9.17) is 14.2 Å². The van der Waals surface area contributed by atoms with Gasteiger partial charge in [-0.2, -0.15) is 0 Å². The lowest BCUT2D eigenvalue weighted by atomic mass is 10.2. The Morgan fingerprint density at radius 3 is 2.71 bits per heavy atom. The van der Waals surface area contributed by atoms with Crippen LogP contribution in [0.2, 0.25) is 0 Å². The Morgan fingerprint density at radius 1 is 1.71 bits per heavy atom. The molecule has 2 atom stereocenters. The highest BCUT2D eigenvalue weighted by molar-refractivity contribution is 5.87. The van der Waals surface area contributed by atoms with Crippen molar-refractivity contribution in [2.75, 3.05) is 13.2 Å². The van der Waals surface area contributed by atoms with E-state index in [9.17, 15) is 4.79 Å². The molecule has 4 nitrogen and oxygen atoms in total. The van der Waals surface area contributed by atoms with Crippen LogP contribution in [0.5, 0.6) is 0 Å². The van der Waals surface area contributed by atoms with Crippen LogP contribution in [0.1, 0.15) is 20.3 Å². The quantitative estimate of drug-likeness (QED) is 0.380. The second kappa shape index (κ2) is 5.12. The molecule has 14 heavy (non-hydrogen) atoms. The highest BCUT2D eigenvalue weighted by atomic mass is 16.7. The van der Waals surface area contributed by atoms with Crippen molar-refractivity contribution in [3.63, 3.8) is 0 Å². The fraction of sp³-hybridized carbons (Fsp3) is 0.700. The topological polar surface area (TPSA) is 44.8 Å². The van der Waals surface area contributed by atoms with E-state index in [1.807, 2.05) is 6.92 Å². The Morgan fingerprint density at radius 2 is 2.36 bits per heavy atom. The van der Waals surface area contributed by atoms with Crippen molar-refractivity contribution in [1.82, 2.24) is 0 Å². The zero-order valence-corrected chi connectivity index (χ0v) is 8.62. The molecule has 0 saturated carbocycles. The predicted molar refractivity (Wildman–Crippen MR) is 50.7 cm³/mol. The summed E-state index contributed by atoms with van der Waals surface area (Å²) in [6, 6.07) is 0. The Kier molecular flexibility index (Phi) is 4.10. The number of hydrogen-bond donors (Lipinski definition) is 0. The third kappa shape index (κ3) is 2.82. The first-order valence-corrected chi connectivity index (χ1v) is 4.74. The van der Waals surface area contributed by atoms with Crippen molar-refractivity contribution >= 4 is 5.97 Å². The standard InChI is InChI=1S/C10H16O4/c1-4-12-10(8-5-6-13-8)14-9(11)7(2)3/h8,10H,2,4-6H2,1,3H3. The fourth-order valence-electron chi connectivity index (χ4n) is 1.06. The lowest BCUT2D eigenvalue weighted by molar-refractivity contribution is -0.233. The van der Waals surface area contributed by atoms with Gasteiger partial charge in [0.1, 0.15) is 6.10 Å². The number of carbonyl (C=O) groups is 1. The van der Waals surface area contributed by atoms with Crippen LogP contribution in [-0.4, -0.2) is 31.6 Å². The van der Waals surface area contributed by atoms with Crippen molar-refractivity contribution in [2.24, 2.45) is 0 Å². The molecule has 80 valence electrons. The highest BCUT2D eigenvalue weighted by Crippen LogP contribution is 2.19. The van der Waals surface area contributed by atoms with Crippen molar-refractivity contribution in [3.8, 4) is 0 Å². The highest BCUT2D eigenvalue weighted by Gasteiger charge is 2.32. The van der Waals surface area contributed by atoms with Crippen molar-refractivity contribution in [1.29, 1.82) is 0 Å². The van der Waals surface area contributed by atoms with E-state index in [-0.39, 0.29) is 6.10 Å². The lowest BCUT2D eigenvalue weighted by Gasteiger charge is -2.32. The van der Waals surface area contributed by atoms with E-state index in [2.05, 4.69) is 6.58 Å². The number of carbonyl (C=O) groups excluding carboxylic acids is 1. The summed E-state index contributed by atoms with van der Waals surface area (Å²) in [5, 5.41) is 0. The number of ether oxygens (including phenoxy) is 3. The summed E-state index contributed by atoms with van der Waals surface area (Å²) in [6.07, 6.45) is 0.171. The molecule has 4 heteroatoms. The SMILES string of the molecule is C=C(C)C(=O)OC(OCC)C1CCO1. The first kappa shape index (κ1) is 11.2. The van der Waals surface area contributed by atoms with Gasteiger partial charge in [0.2, 0.25) is 6.29 Å². The second-order valence-electron chi connectivity index (χ2n) is 3.21. The molecule has 1 aliphatic rings. The van der Waals surface area contributed by atoms with Gasteiger partial charge < -0.3 is 14.2 Å². The van der Waals surface area contributed by atoms with E-state index in [0.717, 1.165) is 6.42 Å². The Labute approximate surface area is 83.8 Å². The van der Waals surface area contributed by atoms with E-state index in [0.29, 0.717) is 18.8 Å². The molecule has 0 aromatic rings. The molecule has 0 spiro atoms. The smallest absolute Gasteiger partial charge is 0.335 e. The molecular weight excluding hydrogens is 184 g/mol. The van der Waals surface area contributed by atoms with Crippen LogP contribution < -0.4 is 0 Å². The van der Waals surface area contributed by atoms with Gasteiger partial charge in [0.15, 0.2) is 0 Å². The molecule has 1 heterocycles. The number of esters is 1. The van der Waals surface area contributed by atoms with Gasteiger partial charge in [-0.05, 0) is 13.8 Å². The minimum absolute atomic E-state index is 0.113. The van der Waals surface area contributed by atoms with Gasteiger partial charge in [0.25, 0.3) is 0 Å². The summed E-state index contributed by atoms with van der Waals surface area (Å²) in [7, 11) is 0. The maximum atomic E-state index is 11.2. The summed E-state index contributed by atoms with van der Waals surface area (Å²) in [6.45, 7) is 8.15. The molecular formula is C10H16O4. The Balaban J connectivity index is 2.41. The average molecular weight is 200 g/mol. The van der Waals surface area contributed by atoms with Crippen molar-refractivity contribution in [2.45, 2.75) is 32.7 Å². The van der Waals surface area contributed by atoms with E-state index < -0.39 is 12.3 Å². The van der Waals surface area contributed by atoms with Gasteiger partial charge >= 0.3 is 5.97 Å². The maximum absolute atomic E-state index is 11.2. The Hall–Kier alpha value is -0.870. The van der Waals surface area contributed by atoms with E-state index >= 15 is 0 Å². The van der Waals surface area contributed by atoms with E-state index in [1.54, 1.807) is 6.92 Å². The van der Waals surface area contributed by atoms with Gasteiger partial charge in [0.05, 0.1) is 0 Å². The normalized spacial score (nSPS) is 22.3. The number of rotatable bonds is 5. The molecule has 0 amide bonds. The van der Waals surface area contributed by atoms with Crippen molar-refractivity contribution in [3.05, 3.63) is 12.2 Å². The van der Waals surface area contributed by atoms with Crippen LogP contribution in [-0.2, 0) is 19.0 Å². The maximum Gasteiger partial charge on any atom is 0.335 e. The van der Waals surface area contributed by atoms with Crippen LogP contribution in [0.4, 0.5) is 0 Å². The molecule has 1 rings (SSSR count). The zero-order valence-electron chi connectivity index (χ0n) is 8.62. The van der Waals surface area contributed by atoms with Gasteiger partial charge in [-0.1, -0.05) is 6.58 Å². The summed E-state index contributed by atoms with van der Waals surface area (Å²) in [5.41, 5.74) is 0.369. The number of hydrogen-bond acceptors (Lipinski definition) is 4. The van der Waals surface area contributed by atoms with Gasteiger partial charge in [0, 0.05) is 25.2 Å². The van der Waals surface area contributed by atoms with Gasteiger partial charge in [-0.3, -0.25) is 0 Å². The third-order valence-corrected chi connectivity index (χ3v) is 1.94. The van der Waals surface area contributed by atoms with Crippen LogP contribution in [0.15, 0.2) is 12.2 Å². The van der Waals surface area contributed by atoms with Crippen LogP contribution >= 0.6 is 0 Å². The minimum atomic E-state index is -0.585. The summed E-state index contributed by atoms with van der Waals surface area (Å²) >= 11 is 0. The van der Waals surface area contributed by atoms with Crippen LogP contribution in [0.3, 0.4) is 0 Å². The largest absolute Gasteiger partial charge is 0.430 e. The van der Waals surface area contributed by atoms with Crippen LogP contribution in [0.25, 0.3) is 0 Å². The molecule has 0 aromatic carbocycles. The average Bonchev–Trinajstić information content (AvgIpc) is 2.01. The third-order valence-electron chi connectivity index (χ3n) is 1.94. The summed E-state index contributed by atoms with van der Waals surface area (Å²) < 4.78 is 15.5. The fourth-order valence-corrected chi connectivity index (χ4v) is 1.06.